The minimum atomic E-state index is -0.0867. The molecule has 0 aliphatic carbocycles. The third kappa shape index (κ3) is 7.79. The number of carbonyl (C=O) groups excluding carboxylic acids is 2. The van der Waals surface area contributed by atoms with E-state index in [4.69, 9.17) is 10.5 Å². The van der Waals surface area contributed by atoms with Crippen LogP contribution < -0.4 is 5.73 Å². The van der Waals surface area contributed by atoms with Crippen LogP contribution in [0.15, 0.2) is 0 Å². The molecule has 0 aromatic rings. The molecule has 2 amide bonds. The molecule has 2 N–H and O–H groups in total. The normalized spacial score (nSPS) is 12.1. The van der Waals surface area contributed by atoms with Gasteiger partial charge in [0.2, 0.25) is 11.8 Å². The van der Waals surface area contributed by atoms with Crippen LogP contribution in [-0.2, 0) is 14.3 Å². The van der Waals surface area contributed by atoms with E-state index in [9.17, 15) is 9.59 Å². The van der Waals surface area contributed by atoms with Gasteiger partial charge in [-0.25, -0.2) is 0 Å². The van der Waals surface area contributed by atoms with Crippen molar-refractivity contribution >= 4 is 11.8 Å². The zero-order valence-electron chi connectivity index (χ0n) is 12.5. The minimum absolute atomic E-state index is 0.0208. The summed E-state index contributed by atoms with van der Waals surface area (Å²) in [7, 11) is 4.93. The smallest absolute Gasteiger partial charge is 0.241 e. The standard InChI is InChI=1S/C13H27N3O3/c1-11(9-14)5-6-12(17)16(7-8-19-4)10-13(18)15(2)3/h11H,5-10,14H2,1-4H3. The monoisotopic (exact) mass is 273 g/mol. The number of methoxy groups -OCH3 is 1. The summed E-state index contributed by atoms with van der Waals surface area (Å²) in [6.45, 7) is 3.55. The van der Waals surface area contributed by atoms with E-state index in [2.05, 4.69) is 0 Å². The maximum absolute atomic E-state index is 12.1. The quantitative estimate of drug-likeness (QED) is 0.638. The molecule has 6 nitrogen and oxygen atoms in total. The van der Waals surface area contributed by atoms with Gasteiger partial charge in [0.25, 0.3) is 0 Å². The summed E-state index contributed by atoms with van der Waals surface area (Å²) in [6.07, 6.45) is 1.16. The van der Waals surface area contributed by atoms with E-state index >= 15 is 0 Å². The van der Waals surface area contributed by atoms with Gasteiger partial charge in [0.15, 0.2) is 0 Å². The van der Waals surface area contributed by atoms with Gasteiger partial charge in [0.05, 0.1) is 13.2 Å². The van der Waals surface area contributed by atoms with E-state index in [0.29, 0.717) is 32.0 Å². The largest absolute Gasteiger partial charge is 0.383 e. The lowest BCUT2D eigenvalue weighted by Gasteiger charge is -2.24. The van der Waals surface area contributed by atoms with Gasteiger partial charge in [0.1, 0.15) is 0 Å². The Kier molecular flexibility index (Phi) is 9.16. The lowest BCUT2D eigenvalue weighted by atomic mass is 10.1. The van der Waals surface area contributed by atoms with E-state index in [1.165, 1.54) is 4.90 Å². The second-order valence-corrected chi connectivity index (χ2v) is 4.98. The Morgan fingerprint density at radius 3 is 2.37 bits per heavy atom. The molecule has 0 fully saturated rings. The molecule has 0 aliphatic heterocycles. The first-order chi connectivity index (χ1) is 8.92. The Hall–Kier alpha value is -1.14. The Morgan fingerprint density at radius 1 is 1.26 bits per heavy atom. The molecule has 0 heterocycles. The van der Waals surface area contributed by atoms with Gasteiger partial charge in [-0.05, 0) is 18.9 Å². The van der Waals surface area contributed by atoms with Crippen LogP contribution in [0.25, 0.3) is 0 Å². The van der Waals surface area contributed by atoms with Crippen LogP contribution in [0.3, 0.4) is 0 Å². The van der Waals surface area contributed by atoms with Crippen molar-refractivity contribution in [3.8, 4) is 0 Å². The molecule has 0 rings (SSSR count). The van der Waals surface area contributed by atoms with Crippen LogP contribution in [0.4, 0.5) is 0 Å². The van der Waals surface area contributed by atoms with Gasteiger partial charge in [-0.2, -0.15) is 0 Å². The molecule has 1 unspecified atom stereocenters. The van der Waals surface area contributed by atoms with Crippen molar-refractivity contribution in [1.82, 2.24) is 9.80 Å². The number of nitrogens with zero attached hydrogens (tertiary/aromatic N) is 2. The fourth-order valence-corrected chi connectivity index (χ4v) is 1.44. The molecule has 0 spiro atoms. The van der Waals surface area contributed by atoms with Crippen LogP contribution >= 0.6 is 0 Å². The lowest BCUT2D eigenvalue weighted by molar-refractivity contribution is -0.139. The summed E-state index contributed by atoms with van der Waals surface area (Å²) in [6, 6.07) is 0. The molecule has 0 aliphatic rings. The fraction of sp³-hybridized carbons (Fsp3) is 0.846. The number of hydrogen-bond donors (Lipinski definition) is 1. The van der Waals surface area contributed by atoms with Crippen LogP contribution in [0, 0.1) is 5.92 Å². The summed E-state index contributed by atoms with van der Waals surface area (Å²) in [4.78, 5) is 26.8. The Labute approximate surface area is 115 Å². The van der Waals surface area contributed by atoms with Crippen molar-refractivity contribution in [2.45, 2.75) is 19.8 Å². The second kappa shape index (κ2) is 9.75. The summed E-state index contributed by atoms with van der Waals surface area (Å²) in [5, 5.41) is 0. The molecule has 0 saturated carbocycles. The summed E-state index contributed by atoms with van der Waals surface area (Å²) >= 11 is 0. The highest BCUT2D eigenvalue weighted by Gasteiger charge is 2.18. The molecule has 112 valence electrons. The van der Waals surface area contributed by atoms with Crippen LogP contribution in [-0.4, -0.2) is 69.1 Å². The first kappa shape index (κ1) is 17.9. The van der Waals surface area contributed by atoms with Crippen molar-refractivity contribution in [2.24, 2.45) is 11.7 Å². The first-order valence-electron chi connectivity index (χ1n) is 6.59. The van der Waals surface area contributed by atoms with Gasteiger partial charge in [-0.3, -0.25) is 9.59 Å². The zero-order chi connectivity index (χ0) is 14.8. The van der Waals surface area contributed by atoms with Crippen LogP contribution in [0.5, 0.6) is 0 Å². The maximum atomic E-state index is 12.1. The molecule has 19 heavy (non-hydrogen) atoms. The Morgan fingerprint density at radius 2 is 1.89 bits per heavy atom. The average molecular weight is 273 g/mol. The predicted molar refractivity (Wildman–Crippen MR) is 74.6 cm³/mol. The van der Waals surface area contributed by atoms with Crippen LogP contribution in [0.2, 0.25) is 0 Å². The second-order valence-electron chi connectivity index (χ2n) is 4.98. The van der Waals surface area contributed by atoms with Crippen molar-refractivity contribution < 1.29 is 14.3 Å². The summed E-state index contributed by atoms with van der Waals surface area (Å²) < 4.78 is 4.97. The van der Waals surface area contributed by atoms with Gasteiger partial charge in [-0.15, -0.1) is 0 Å². The topological polar surface area (TPSA) is 75.9 Å². The van der Waals surface area contributed by atoms with Crippen molar-refractivity contribution in [2.75, 3.05) is 47.4 Å². The third-order valence-corrected chi connectivity index (χ3v) is 3.00. The van der Waals surface area contributed by atoms with E-state index in [1.807, 2.05) is 6.92 Å². The summed E-state index contributed by atoms with van der Waals surface area (Å²) in [5.74, 6) is 0.210. The number of rotatable bonds is 9. The number of hydrogen-bond acceptors (Lipinski definition) is 4. The van der Waals surface area contributed by atoms with E-state index < -0.39 is 0 Å². The molecule has 0 saturated heterocycles. The van der Waals surface area contributed by atoms with Crippen molar-refractivity contribution in [3.05, 3.63) is 0 Å². The van der Waals surface area contributed by atoms with Gasteiger partial charge >= 0.3 is 0 Å². The Balaban J connectivity index is 4.38. The predicted octanol–water partition coefficient (Wildman–Crippen LogP) is -0.0754. The molecule has 1 atom stereocenters. The SMILES string of the molecule is COCCN(CC(=O)N(C)C)C(=O)CCC(C)CN. The van der Waals surface area contributed by atoms with Crippen LogP contribution in [0.1, 0.15) is 19.8 Å². The van der Waals surface area contributed by atoms with Gasteiger partial charge < -0.3 is 20.3 Å². The molecule has 0 radical (unpaired) electrons. The summed E-state index contributed by atoms with van der Waals surface area (Å²) in [5.41, 5.74) is 5.53. The van der Waals surface area contributed by atoms with E-state index in [0.717, 1.165) is 6.42 Å². The fourth-order valence-electron chi connectivity index (χ4n) is 1.44. The Bertz CT molecular complexity index is 282. The number of likely N-dealkylation sites (N-methyl/N-ethyl adjacent to an activating group) is 1. The van der Waals surface area contributed by atoms with Gasteiger partial charge in [-0.1, -0.05) is 6.92 Å². The average Bonchev–Trinajstić information content (AvgIpc) is 2.39. The molecular weight excluding hydrogens is 246 g/mol. The maximum Gasteiger partial charge on any atom is 0.241 e. The minimum Gasteiger partial charge on any atom is -0.383 e. The number of nitrogens with two attached hydrogens (primary N) is 1. The van der Waals surface area contributed by atoms with Crippen molar-refractivity contribution in [1.29, 1.82) is 0 Å². The molecule has 0 aromatic carbocycles. The number of ether oxygens (including phenoxy) is 1. The van der Waals surface area contributed by atoms with Gasteiger partial charge in [0, 0.05) is 34.2 Å². The molecule has 0 aromatic heterocycles. The molecule has 6 heteroatoms. The van der Waals surface area contributed by atoms with E-state index in [-0.39, 0.29) is 18.4 Å². The lowest BCUT2D eigenvalue weighted by Crippen LogP contribution is -2.42. The highest BCUT2D eigenvalue weighted by Crippen LogP contribution is 2.06. The molecular formula is C13H27N3O3. The highest BCUT2D eigenvalue weighted by molar-refractivity contribution is 5.84. The highest BCUT2D eigenvalue weighted by atomic mass is 16.5. The van der Waals surface area contributed by atoms with Crippen molar-refractivity contribution in [3.63, 3.8) is 0 Å². The third-order valence-electron chi connectivity index (χ3n) is 3.00. The molecule has 0 bridgehead atoms. The number of carbonyl (C=O) groups is 2. The first-order valence-corrected chi connectivity index (χ1v) is 6.59. The zero-order valence-corrected chi connectivity index (χ0v) is 12.5. The van der Waals surface area contributed by atoms with E-state index in [1.54, 1.807) is 26.1 Å². The number of amides is 2.